The van der Waals surface area contributed by atoms with Crippen LogP contribution in [-0.2, 0) is 11.0 Å². The van der Waals surface area contributed by atoms with Crippen molar-refractivity contribution in [2.45, 2.75) is 19.1 Å². The fourth-order valence-electron chi connectivity index (χ4n) is 1.21. The average Bonchev–Trinajstić information content (AvgIpc) is 2.25. The normalized spacial score (nSPS) is 13.2. The SMILES string of the molecule is CNC(C)C(=O)Nc1cc(Cl)cc(C(F)(F)F)c1. The van der Waals surface area contributed by atoms with E-state index in [1.807, 2.05) is 0 Å². The Balaban J connectivity index is 2.97. The van der Waals surface area contributed by atoms with Crippen molar-refractivity contribution in [1.29, 1.82) is 0 Å². The Kier molecular flexibility index (Phi) is 4.59. The number of amides is 1. The summed E-state index contributed by atoms with van der Waals surface area (Å²) in [5.41, 5.74) is -0.885. The Labute approximate surface area is 107 Å². The minimum Gasteiger partial charge on any atom is -0.325 e. The van der Waals surface area contributed by atoms with Crippen LogP contribution in [-0.4, -0.2) is 19.0 Å². The summed E-state index contributed by atoms with van der Waals surface area (Å²) < 4.78 is 37.6. The summed E-state index contributed by atoms with van der Waals surface area (Å²) in [6, 6.07) is 2.39. The molecule has 1 aromatic carbocycles. The van der Waals surface area contributed by atoms with Gasteiger partial charge >= 0.3 is 6.18 Å². The molecule has 0 aliphatic heterocycles. The van der Waals surface area contributed by atoms with Crippen molar-refractivity contribution in [1.82, 2.24) is 5.32 Å². The van der Waals surface area contributed by atoms with Gasteiger partial charge in [-0.15, -0.1) is 0 Å². The van der Waals surface area contributed by atoms with Crippen molar-refractivity contribution >= 4 is 23.2 Å². The molecule has 0 bridgehead atoms. The second-order valence-electron chi connectivity index (χ2n) is 3.73. The van der Waals surface area contributed by atoms with E-state index in [0.29, 0.717) is 0 Å². The third-order valence-corrected chi connectivity index (χ3v) is 2.54. The van der Waals surface area contributed by atoms with E-state index >= 15 is 0 Å². The number of nitrogens with one attached hydrogen (secondary N) is 2. The molecule has 0 radical (unpaired) electrons. The number of likely N-dealkylation sites (N-methyl/N-ethyl adjacent to an activating group) is 1. The number of carbonyl (C=O) groups is 1. The minimum absolute atomic E-state index is 0.0157. The molecular formula is C11H12ClF3N2O. The molecule has 0 heterocycles. The molecule has 1 aromatic rings. The molecule has 0 fully saturated rings. The predicted octanol–water partition coefficient (Wildman–Crippen LogP) is 2.91. The fraction of sp³-hybridized carbons (Fsp3) is 0.364. The number of hydrogen-bond donors (Lipinski definition) is 2. The lowest BCUT2D eigenvalue weighted by atomic mass is 10.2. The highest BCUT2D eigenvalue weighted by atomic mass is 35.5. The zero-order valence-electron chi connectivity index (χ0n) is 9.73. The van der Waals surface area contributed by atoms with Crippen LogP contribution in [0.2, 0.25) is 5.02 Å². The number of rotatable bonds is 3. The van der Waals surface area contributed by atoms with Gasteiger partial charge in [-0.2, -0.15) is 13.2 Å². The van der Waals surface area contributed by atoms with E-state index < -0.39 is 23.7 Å². The summed E-state index contributed by atoms with van der Waals surface area (Å²) in [6.45, 7) is 1.59. The summed E-state index contributed by atoms with van der Waals surface area (Å²) in [6.07, 6.45) is -4.50. The summed E-state index contributed by atoms with van der Waals surface area (Å²) >= 11 is 5.59. The lowest BCUT2D eigenvalue weighted by Gasteiger charge is -2.13. The van der Waals surface area contributed by atoms with E-state index in [1.54, 1.807) is 14.0 Å². The Morgan fingerprint density at radius 1 is 1.33 bits per heavy atom. The van der Waals surface area contributed by atoms with Gasteiger partial charge in [0.1, 0.15) is 0 Å². The summed E-state index contributed by atoms with van der Waals surface area (Å²) in [5.74, 6) is -0.437. The number of carbonyl (C=O) groups excluding carboxylic acids is 1. The van der Waals surface area contributed by atoms with E-state index in [4.69, 9.17) is 11.6 Å². The molecule has 1 amide bonds. The molecule has 100 valence electrons. The number of benzene rings is 1. The molecule has 0 spiro atoms. The molecule has 18 heavy (non-hydrogen) atoms. The smallest absolute Gasteiger partial charge is 0.325 e. The third kappa shape index (κ3) is 3.89. The predicted molar refractivity (Wildman–Crippen MR) is 63.6 cm³/mol. The van der Waals surface area contributed by atoms with Crippen LogP contribution < -0.4 is 10.6 Å². The van der Waals surface area contributed by atoms with Crippen LogP contribution in [0.5, 0.6) is 0 Å². The first-order valence-electron chi connectivity index (χ1n) is 5.10. The van der Waals surface area contributed by atoms with Gasteiger partial charge in [0.15, 0.2) is 0 Å². The van der Waals surface area contributed by atoms with Crippen LogP contribution in [0.25, 0.3) is 0 Å². The van der Waals surface area contributed by atoms with E-state index in [-0.39, 0.29) is 10.7 Å². The highest BCUT2D eigenvalue weighted by molar-refractivity contribution is 6.31. The fourth-order valence-corrected chi connectivity index (χ4v) is 1.44. The Morgan fingerprint density at radius 2 is 1.94 bits per heavy atom. The Bertz CT molecular complexity index is 448. The summed E-state index contributed by atoms with van der Waals surface area (Å²) in [7, 11) is 1.57. The summed E-state index contributed by atoms with van der Waals surface area (Å²) in [4.78, 5) is 11.5. The van der Waals surface area contributed by atoms with Gasteiger partial charge < -0.3 is 10.6 Å². The van der Waals surface area contributed by atoms with E-state index in [2.05, 4.69) is 10.6 Å². The number of anilines is 1. The van der Waals surface area contributed by atoms with Crippen LogP contribution in [0.4, 0.5) is 18.9 Å². The van der Waals surface area contributed by atoms with Gasteiger partial charge in [0.2, 0.25) is 5.91 Å². The standard InChI is InChI=1S/C11H12ClF3N2O/c1-6(16-2)10(18)17-9-4-7(11(13,14)15)3-8(12)5-9/h3-6,16H,1-2H3,(H,17,18). The third-order valence-electron chi connectivity index (χ3n) is 2.32. The molecule has 7 heteroatoms. The second kappa shape index (κ2) is 5.58. The molecule has 0 saturated carbocycles. The molecule has 0 saturated heterocycles. The van der Waals surface area contributed by atoms with Crippen LogP contribution in [0.3, 0.4) is 0 Å². The molecule has 0 aliphatic rings. The van der Waals surface area contributed by atoms with Crippen LogP contribution in [0, 0.1) is 0 Å². The van der Waals surface area contributed by atoms with Crippen molar-refractivity contribution in [3.05, 3.63) is 28.8 Å². The maximum Gasteiger partial charge on any atom is 0.416 e. The zero-order valence-corrected chi connectivity index (χ0v) is 10.5. The number of halogens is 4. The van der Waals surface area contributed by atoms with Crippen molar-refractivity contribution < 1.29 is 18.0 Å². The highest BCUT2D eigenvalue weighted by Gasteiger charge is 2.31. The molecule has 1 atom stereocenters. The molecule has 2 N–H and O–H groups in total. The maximum absolute atomic E-state index is 12.5. The Morgan fingerprint density at radius 3 is 2.44 bits per heavy atom. The molecule has 3 nitrogen and oxygen atoms in total. The highest BCUT2D eigenvalue weighted by Crippen LogP contribution is 2.33. The van der Waals surface area contributed by atoms with Gasteiger partial charge in [-0.1, -0.05) is 11.6 Å². The lowest BCUT2D eigenvalue weighted by Crippen LogP contribution is -2.35. The van der Waals surface area contributed by atoms with Crippen molar-refractivity contribution in [2.24, 2.45) is 0 Å². The van der Waals surface area contributed by atoms with Gasteiger partial charge in [0.05, 0.1) is 11.6 Å². The number of hydrogen-bond acceptors (Lipinski definition) is 2. The second-order valence-corrected chi connectivity index (χ2v) is 4.16. The van der Waals surface area contributed by atoms with E-state index in [1.165, 1.54) is 6.07 Å². The molecule has 1 rings (SSSR count). The van der Waals surface area contributed by atoms with Crippen LogP contribution >= 0.6 is 11.6 Å². The van der Waals surface area contributed by atoms with E-state index in [9.17, 15) is 18.0 Å². The van der Waals surface area contributed by atoms with Crippen LogP contribution in [0.15, 0.2) is 18.2 Å². The zero-order chi connectivity index (χ0) is 13.9. The quantitative estimate of drug-likeness (QED) is 0.894. The van der Waals surface area contributed by atoms with Gasteiger partial charge in [-0.3, -0.25) is 4.79 Å². The van der Waals surface area contributed by atoms with Crippen molar-refractivity contribution in [2.75, 3.05) is 12.4 Å². The van der Waals surface area contributed by atoms with Crippen molar-refractivity contribution in [3.8, 4) is 0 Å². The Hall–Kier alpha value is -1.27. The minimum atomic E-state index is -4.50. The topological polar surface area (TPSA) is 41.1 Å². The van der Waals surface area contributed by atoms with Gasteiger partial charge in [-0.05, 0) is 32.2 Å². The summed E-state index contributed by atoms with van der Waals surface area (Å²) in [5, 5.41) is 4.95. The molecular weight excluding hydrogens is 269 g/mol. The van der Waals surface area contributed by atoms with Crippen LogP contribution in [0.1, 0.15) is 12.5 Å². The van der Waals surface area contributed by atoms with Crippen molar-refractivity contribution in [3.63, 3.8) is 0 Å². The van der Waals surface area contributed by atoms with E-state index in [0.717, 1.165) is 12.1 Å². The first kappa shape index (κ1) is 14.8. The first-order chi connectivity index (χ1) is 8.24. The monoisotopic (exact) mass is 280 g/mol. The molecule has 1 unspecified atom stereocenters. The lowest BCUT2D eigenvalue weighted by molar-refractivity contribution is -0.137. The van der Waals surface area contributed by atoms with Gasteiger partial charge in [0.25, 0.3) is 0 Å². The average molecular weight is 281 g/mol. The maximum atomic E-state index is 12.5. The first-order valence-corrected chi connectivity index (χ1v) is 5.47. The van der Waals surface area contributed by atoms with Gasteiger partial charge in [-0.25, -0.2) is 0 Å². The molecule has 0 aliphatic carbocycles. The van der Waals surface area contributed by atoms with Gasteiger partial charge in [0, 0.05) is 10.7 Å². The largest absolute Gasteiger partial charge is 0.416 e. The molecule has 0 aromatic heterocycles. The number of alkyl halides is 3.